The van der Waals surface area contributed by atoms with Crippen molar-refractivity contribution in [2.24, 2.45) is 7.05 Å². The van der Waals surface area contributed by atoms with E-state index in [2.05, 4.69) is 6.92 Å². The number of hydrogen-bond acceptors (Lipinski definition) is 3. The van der Waals surface area contributed by atoms with Gasteiger partial charge >= 0.3 is 0 Å². The van der Waals surface area contributed by atoms with E-state index < -0.39 is 0 Å². The van der Waals surface area contributed by atoms with Gasteiger partial charge in [0.25, 0.3) is 0 Å². The molecule has 2 aromatic carbocycles. The SMILES string of the molecule is CCCCCc1c(O)cc(O)c2c(=O)c3ccccc3n(C)c12. The molecule has 0 fully saturated rings. The fraction of sp³-hybridized carbons (Fsp3) is 0.316. The van der Waals surface area contributed by atoms with Gasteiger partial charge in [0.15, 0.2) is 0 Å². The van der Waals surface area contributed by atoms with Crippen LogP contribution in [0.5, 0.6) is 11.5 Å². The molecule has 0 bridgehead atoms. The third kappa shape index (κ3) is 2.44. The molecule has 0 spiro atoms. The fourth-order valence-electron chi connectivity index (χ4n) is 3.29. The first-order valence-corrected chi connectivity index (χ1v) is 8.01. The van der Waals surface area contributed by atoms with E-state index >= 15 is 0 Å². The summed E-state index contributed by atoms with van der Waals surface area (Å²) in [4.78, 5) is 12.8. The minimum Gasteiger partial charge on any atom is -0.507 e. The van der Waals surface area contributed by atoms with Gasteiger partial charge in [-0.05, 0) is 25.0 Å². The topological polar surface area (TPSA) is 62.5 Å². The van der Waals surface area contributed by atoms with E-state index in [1.54, 1.807) is 6.07 Å². The number of para-hydroxylation sites is 1. The summed E-state index contributed by atoms with van der Waals surface area (Å²) in [7, 11) is 1.87. The minimum absolute atomic E-state index is 0.0522. The Morgan fingerprint density at radius 2 is 1.83 bits per heavy atom. The van der Waals surface area contributed by atoms with Crippen LogP contribution >= 0.6 is 0 Å². The summed E-state index contributed by atoms with van der Waals surface area (Å²) >= 11 is 0. The smallest absolute Gasteiger partial charge is 0.200 e. The van der Waals surface area contributed by atoms with E-state index in [4.69, 9.17) is 0 Å². The Bertz CT molecular complexity index is 941. The first-order chi connectivity index (χ1) is 11.1. The van der Waals surface area contributed by atoms with Crippen LogP contribution in [0.15, 0.2) is 35.1 Å². The van der Waals surface area contributed by atoms with Gasteiger partial charge in [0.2, 0.25) is 5.43 Å². The molecule has 23 heavy (non-hydrogen) atoms. The van der Waals surface area contributed by atoms with Gasteiger partial charge in [-0.3, -0.25) is 4.79 Å². The number of aromatic nitrogens is 1. The summed E-state index contributed by atoms with van der Waals surface area (Å²) in [6.07, 6.45) is 3.76. The maximum absolute atomic E-state index is 12.8. The molecular weight excluding hydrogens is 290 g/mol. The van der Waals surface area contributed by atoms with Crippen LogP contribution in [0.25, 0.3) is 21.8 Å². The van der Waals surface area contributed by atoms with Crippen molar-refractivity contribution in [2.45, 2.75) is 32.6 Å². The zero-order valence-corrected chi connectivity index (χ0v) is 13.5. The molecule has 0 saturated carbocycles. The molecular formula is C19H21NO3. The van der Waals surface area contributed by atoms with Crippen molar-refractivity contribution in [3.8, 4) is 11.5 Å². The van der Waals surface area contributed by atoms with Crippen molar-refractivity contribution in [3.05, 3.63) is 46.1 Å². The summed E-state index contributed by atoms with van der Waals surface area (Å²) in [5.41, 5.74) is 1.97. The highest BCUT2D eigenvalue weighted by molar-refractivity contribution is 5.98. The number of nitrogens with zero attached hydrogens (tertiary/aromatic N) is 1. The zero-order chi connectivity index (χ0) is 16.6. The molecule has 0 saturated heterocycles. The summed E-state index contributed by atoms with van der Waals surface area (Å²) < 4.78 is 1.90. The number of fused-ring (bicyclic) bond motifs is 2. The Hall–Kier alpha value is -2.49. The quantitative estimate of drug-likeness (QED) is 0.568. The fourth-order valence-corrected chi connectivity index (χ4v) is 3.29. The number of rotatable bonds is 4. The van der Waals surface area contributed by atoms with Gasteiger partial charge in [0, 0.05) is 24.1 Å². The van der Waals surface area contributed by atoms with Crippen LogP contribution in [0.1, 0.15) is 31.7 Å². The third-order valence-corrected chi connectivity index (χ3v) is 4.46. The third-order valence-electron chi connectivity index (χ3n) is 4.46. The molecule has 0 aliphatic heterocycles. The van der Waals surface area contributed by atoms with E-state index in [0.29, 0.717) is 17.3 Å². The van der Waals surface area contributed by atoms with Crippen molar-refractivity contribution in [1.29, 1.82) is 0 Å². The second kappa shape index (κ2) is 5.95. The first kappa shape index (κ1) is 15.4. The van der Waals surface area contributed by atoms with Crippen LogP contribution in [0.4, 0.5) is 0 Å². The molecule has 4 heteroatoms. The Labute approximate surface area is 134 Å². The lowest BCUT2D eigenvalue weighted by Crippen LogP contribution is -2.11. The van der Waals surface area contributed by atoms with Crippen molar-refractivity contribution in [3.63, 3.8) is 0 Å². The van der Waals surface area contributed by atoms with Crippen LogP contribution in [-0.2, 0) is 13.5 Å². The lowest BCUT2D eigenvalue weighted by atomic mass is 9.99. The van der Waals surface area contributed by atoms with E-state index in [0.717, 1.165) is 30.3 Å². The van der Waals surface area contributed by atoms with Gasteiger partial charge < -0.3 is 14.8 Å². The number of aryl methyl sites for hydroxylation is 2. The second-order valence-electron chi connectivity index (χ2n) is 5.98. The van der Waals surface area contributed by atoms with E-state index in [9.17, 15) is 15.0 Å². The molecule has 4 nitrogen and oxygen atoms in total. The molecule has 0 atom stereocenters. The molecule has 3 aromatic rings. The van der Waals surface area contributed by atoms with Gasteiger partial charge in [0.05, 0.1) is 16.4 Å². The van der Waals surface area contributed by atoms with Crippen LogP contribution in [0.3, 0.4) is 0 Å². The normalized spacial score (nSPS) is 11.4. The molecule has 120 valence electrons. The Balaban J connectivity index is 2.42. The van der Waals surface area contributed by atoms with Gasteiger partial charge in [-0.1, -0.05) is 31.9 Å². The second-order valence-corrected chi connectivity index (χ2v) is 5.98. The van der Waals surface area contributed by atoms with Crippen LogP contribution in [-0.4, -0.2) is 14.8 Å². The lowest BCUT2D eigenvalue weighted by molar-refractivity contribution is 0.449. The number of phenols is 2. The molecule has 0 aliphatic rings. The highest BCUT2D eigenvalue weighted by Crippen LogP contribution is 2.35. The molecule has 0 unspecified atom stereocenters. The molecule has 3 rings (SSSR count). The number of benzene rings is 2. The lowest BCUT2D eigenvalue weighted by Gasteiger charge is -2.16. The Morgan fingerprint density at radius 3 is 2.57 bits per heavy atom. The predicted octanol–water partition coefficient (Wildman–Crippen LogP) is 3.84. The van der Waals surface area contributed by atoms with Crippen LogP contribution < -0.4 is 5.43 Å². The van der Waals surface area contributed by atoms with Crippen LogP contribution in [0, 0.1) is 0 Å². The summed E-state index contributed by atoms with van der Waals surface area (Å²) in [6.45, 7) is 2.12. The van der Waals surface area contributed by atoms with Gasteiger partial charge in [-0.25, -0.2) is 0 Å². The van der Waals surface area contributed by atoms with Crippen molar-refractivity contribution < 1.29 is 10.2 Å². The average molecular weight is 311 g/mol. The van der Waals surface area contributed by atoms with Crippen LogP contribution in [0.2, 0.25) is 0 Å². The summed E-state index contributed by atoms with van der Waals surface area (Å²) in [5.74, 6) is -0.112. The maximum Gasteiger partial charge on any atom is 0.200 e. The average Bonchev–Trinajstić information content (AvgIpc) is 2.54. The summed E-state index contributed by atoms with van der Waals surface area (Å²) in [5, 5.41) is 21.4. The largest absolute Gasteiger partial charge is 0.507 e. The highest BCUT2D eigenvalue weighted by Gasteiger charge is 2.18. The maximum atomic E-state index is 12.8. The number of hydrogen-bond donors (Lipinski definition) is 2. The molecule has 0 amide bonds. The van der Waals surface area contributed by atoms with Crippen molar-refractivity contribution in [2.75, 3.05) is 0 Å². The monoisotopic (exact) mass is 311 g/mol. The summed E-state index contributed by atoms with van der Waals surface area (Å²) in [6, 6.07) is 8.63. The Kier molecular flexibility index (Phi) is 3.99. The molecule has 0 radical (unpaired) electrons. The van der Waals surface area contributed by atoms with Gasteiger partial charge in [-0.2, -0.15) is 0 Å². The molecule has 1 heterocycles. The van der Waals surface area contributed by atoms with Gasteiger partial charge in [-0.15, -0.1) is 0 Å². The Morgan fingerprint density at radius 1 is 1.09 bits per heavy atom. The zero-order valence-electron chi connectivity index (χ0n) is 13.5. The van der Waals surface area contributed by atoms with E-state index in [1.165, 1.54) is 6.07 Å². The molecule has 0 aliphatic carbocycles. The van der Waals surface area contributed by atoms with E-state index in [1.807, 2.05) is 29.8 Å². The number of aromatic hydroxyl groups is 2. The number of pyridine rings is 1. The molecule has 1 aromatic heterocycles. The number of phenolic OH excluding ortho intramolecular Hbond substituents is 2. The first-order valence-electron chi connectivity index (χ1n) is 8.01. The standard InChI is InChI=1S/C19H21NO3/c1-3-4-5-9-13-15(21)11-16(22)17-18(13)20(2)14-10-7-6-8-12(14)19(17)23/h6-8,10-11,21-22H,3-5,9H2,1-2H3. The van der Waals surface area contributed by atoms with Crippen molar-refractivity contribution in [1.82, 2.24) is 4.57 Å². The molecule has 2 N–H and O–H groups in total. The van der Waals surface area contributed by atoms with Crippen molar-refractivity contribution >= 4 is 21.8 Å². The highest BCUT2D eigenvalue weighted by atomic mass is 16.3. The van der Waals surface area contributed by atoms with E-state index in [-0.39, 0.29) is 22.3 Å². The predicted molar refractivity (Wildman–Crippen MR) is 93.3 cm³/mol. The minimum atomic E-state index is -0.192. The van der Waals surface area contributed by atoms with Gasteiger partial charge in [0.1, 0.15) is 11.5 Å². The number of unbranched alkanes of at least 4 members (excludes halogenated alkanes) is 2.